The molecule has 1 heterocycles. The topological polar surface area (TPSA) is 50.4 Å². The molecule has 1 aliphatic heterocycles. The van der Waals surface area contributed by atoms with Crippen molar-refractivity contribution in [2.24, 2.45) is 5.92 Å². The number of piperidine rings is 1. The molecule has 1 unspecified atom stereocenters. The van der Waals surface area contributed by atoms with Crippen molar-refractivity contribution in [3.63, 3.8) is 0 Å². The van der Waals surface area contributed by atoms with Crippen molar-refractivity contribution in [1.82, 2.24) is 10.6 Å². The van der Waals surface area contributed by atoms with Crippen LogP contribution in [0.4, 0.5) is 0 Å². The number of benzene rings is 1. The maximum atomic E-state index is 11.7. The van der Waals surface area contributed by atoms with Gasteiger partial charge in [-0.2, -0.15) is 0 Å². The molecule has 1 amide bonds. The van der Waals surface area contributed by atoms with E-state index in [1.165, 1.54) is 12.8 Å². The van der Waals surface area contributed by atoms with Crippen molar-refractivity contribution in [2.45, 2.75) is 19.3 Å². The number of carbonyl (C=O) groups is 1. The SMILES string of the molecule is O=C(COc1cc(Cl)cc(Cl)c1)NCCC1CCCNC1. The summed E-state index contributed by atoms with van der Waals surface area (Å²) in [6.45, 7) is 2.82. The molecule has 0 bridgehead atoms. The molecular formula is C15H20Cl2N2O2. The normalized spacial score (nSPS) is 18.3. The zero-order chi connectivity index (χ0) is 15.1. The summed E-state index contributed by atoms with van der Waals surface area (Å²) in [4.78, 5) is 11.7. The maximum absolute atomic E-state index is 11.7. The van der Waals surface area contributed by atoms with E-state index >= 15 is 0 Å². The van der Waals surface area contributed by atoms with Crippen LogP contribution in [0.3, 0.4) is 0 Å². The number of hydrogen-bond donors (Lipinski definition) is 2. The van der Waals surface area contributed by atoms with Gasteiger partial charge in [-0.05, 0) is 56.5 Å². The molecule has 0 radical (unpaired) electrons. The quantitative estimate of drug-likeness (QED) is 0.843. The molecule has 1 atom stereocenters. The van der Waals surface area contributed by atoms with Crippen LogP contribution in [0.25, 0.3) is 0 Å². The zero-order valence-corrected chi connectivity index (χ0v) is 13.3. The van der Waals surface area contributed by atoms with E-state index in [4.69, 9.17) is 27.9 Å². The number of carbonyl (C=O) groups excluding carboxylic acids is 1. The summed E-state index contributed by atoms with van der Waals surface area (Å²) in [7, 11) is 0. The van der Waals surface area contributed by atoms with Crippen LogP contribution in [0.2, 0.25) is 10.0 Å². The van der Waals surface area contributed by atoms with E-state index in [-0.39, 0.29) is 12.5 Å². The zero-order valence-electron chi connectivity index (χ0n) is 11.8. The first-order chi connectivity index (χ1) is 10.1. The monoisotopic (exact) mass is 330 g/mol. The van der Waals surface area contributed by atoms with Crippen LogP contribution in [0.5, 0.6) is 5.75 Å². The van der Waals surface area contributed by atoms with Crippen LogP contribution in [0.15, 0.2) is 18.2 Å². The van der Waals surface area contributed by atoms with Crippen LogP contribution in [0, 0.1) is 5.92 Å². The van der Waals surface area contributed by atoms with Gasteiger partial charge in [0.25, 0.3) is 5.91 Å². The van der Waals surface area contributed by atoms with Crippen molar-refractivity contribution < 1.29 is 9.53 Å². The van der Waals surface area contributed by atoms with Gasteiger partial charge in [-0.25, -0.2) is 0 Å². The molecule has 6 heteroatoms. The lowest BCUT2D eigenvalue weighted by Crippen LogP contribution is -2.34. The van der Waals surface area contributed by atoms with Crippen molar-refractivity contribution >= 4 is 29.1 Å². The minimum Gasteiger partial charge on any atom is -0.484 e. The van der Waals surface area contributed by atoms with Crippen molar-refractivity contribution in [1.29, 1.82) is 0 Å². The van der Waals surface area contributed by atoms with Gasteiger partial charge in [0.1, 0.15) is 5.75 Å². The molecular weight excluding hydrogens is 311 g/mol. The molecule has 0 aliphatic carbocycles. The molecule has 1 aromatic rings. The summed E-state index contributed by atoms with van der Waals surface area (Å²) >= 11 is 11.7. The van der Waals surface area contributed by atoms with E-state index in [1.807, 2.05) is 0 Å². The molecule has 2 N–H and O–H groups in total. The van der Waals surface area contributed by atoms with E-state index in [1.54, 1.807) is 18.2 Å². The van der Waals surface area contributed by atoms with Crippen LogP contribution in [-0.2, 0) is 4.79 Å². The summed E-state index contributed by atoms with van der Waals surface area (Å²) in [6, 6.07) is 4.89. The Hall–Kier alpha value is -0.970. The molecule has 1 fully saturated rings. The third kappa shape index (κ3) is 6.12. The number of hydrogen-bond acceptors (Lipinski definition) is 3. The Labute approximate surface area is 135 Å². The lowest BCUT2D eigenvalue weighted by atomic mass is 9.96. The van der Waals surface area contributed by atoms with Gasteiger partial charge in [0, 0.05) is 16.6 Å². The maximum Gasteiger partial charge on any atom is 0.257 e. The van der Waals surface area contributed by atoms with Crippen molar-refractivity contribution in [2.75, 3.05) is 26.2 Å². The second-order valence-corrected chi connectivity index (χ2v) is 6.12. The molecule has 1 aliphatic rings. The van der Waals surface area contributed by atoms with E-state index < -0.39 is 0 Å². The average molecular weight is 331 g/mol. The number of rotatable bonds is 6. The molecule has 4 nitrogen and oxygen atoms in total. The Balaban J connectivity index is 1.65. The highest BCUT2D eigenvalue weighted by Gasteiger charge is 2.13. The highest BCUT2D eigenvalue weighted by molar-refractivity contribution is 6.34. The third-order valence-corrected chi connectivity index (χ3v) is 3.92. The Morgan fingerprint density at radius 2 is 2.10 bits per heavy atom. The van der Waals surface area contributed by atoms with E-state index in [9.17, 15) is 4.79 Å². The first-order valence-corrected chi connectivity index (χ1v) is 7.95. The fourth-order valence-corrected chi connectivity index (χ4v) is 2.90. The molecule has 0 aromatic heterocycles. The van der Waals surface area contributed by atoms with Crippen molar-refractivity contribution in [3.05, 3.63) is 28.2 Å². The van der Waals surface area contributed by atoms with Gasteiger partial charge >= 0.3 is 0 Å². The molecule has 21 heavy (non-hydrogen) atoms. The van der Waals surface area contributed by atoms with Gasteiger partial charge in [0.05, 0.1) is 0 Å². The van der Waals surface area contributed by atoms with Crippen LogP contribution >= 0.6 is 23.2 Å². The summed E-state index contributed by atoms with van der Waals surface area (Å²) in [5.74, 6) is 1.03. The lowest BCUT2D eigenvalue weighted by Gasteiger charge is -2.22. The summed E-state index contributed by atoms with van der Waals surface area (Å²) in [5, 5.41) is 7.22. The standard InChI is InChI=1S/C15H20Cl2N2O2/c16-12-6-13(17)8-14(7-12)21-10-15(20)19-5-3-11-2-1-4-18-9-11/h6-8,11,18H,1-5,9-10H2,(H,19,20). The molecule has 2 rings (SSSR count). The van der Waals surface area contributed by atoms with Gasteiger partial charge in [-0.15, -0.1) is 0 Å². The molecule has 0 spiro atoms. The number of amides is 1. The Bertz CT molecular complexity index is 456. The van der Waals surface area contributed by atoms with Crippen molar-refractivity contribution in [3.8, 4) is 5.75 Å². The van der Waals surface area contributed by atoms with Crippen LogP contribution in [-0.4, -0.2) is 32.1 Å². The van der Waals surface area contributed by atoms with Crippen LogP contribution < -0.4 is 15.4 Å². The second-order valence-electron chi connectivity index (χ2n) is 5.24. The summed E-state index contributed by atoms with van der Waals surface area (Å²) in [6.07, 6.45) is 3.46. The number of halogens is 2. The van der Waals surface area contributed by atoms with Gasteiger partial charge in [-0.1, -0.05) is 23.2 Å². The second kappa shape index (κ2) is 8.47. The fraction of sp³-hybridized carbons (Fsp3) is 0.533. The fourth-order valence-electron chi connectivity index (χ4n) is 2.40. The van der Waals surface area contributed by atoms with Gasteiger partial charge in [0.15, 0.2) is 6.61 Å². The van der Waals surface area contributed by atoms with Gasteiger partial charge < -0.3 is 15.4 Å². The van der Waals surface area contributed by atoms with E-state index in [0.29, 0.717) is 28.3 Å². The van der Waals surface area contributed by atoms with E-state index in [2.05, 4.69) is 10.6 Å². The largest absolute Gasteiger partial charge is 0.484 e. The highest BCUT2D eigenvalue weighted by Crippen LogP contribution is 2.24. The molecule has 1 saturated heterocycles. The smallest absolute Gasteiger partial charge is 0.257 e. The predicted octanol–water partition coefficient (Wildman–Crippen LogP) is 2.88. The highest BCUT2D eigenvalue weighted by atomic mass is 35.5. The summed E-state index contributed by atoms with van der Waals surface area (Å²) in [5.41, 5.74) is 0. The Morgan fingerprint density at radius 3 is 2.76 bits per heavy atom. The van der Waals surface area contributed by atoms with E-state index in [0.717, 1.165) is 19.5 Å². The van der Waals surface area contributed by atoms with Gasteiger partial charge in [0.2, 0.25) is 0 Å². The lowest BCUT2D eigenvalue weighted by molar-refractivity contribution is -0.123. The molecule has 1 aromatic carbocycles. The van der Waals surface area contributed by atoms with Gasteiger partial charge in [-0.3, -0.25) is 4.79 Å². The first kappa shape index (κ1) is 16.4. The number of nitrogens with one attached hydrogen (secondary N) is 2. The third-order valence-electron chi connectivity index (χ3n) is 3.48. The predicted molar refractivity (Wildman–Crippen MR) is 85.2 cm³/mol. The van der Waals surface area contributed by atoms with Crippen LogP contribution in [0.1, 0.15) is 19.3 Å². The first-order valence-electron chi connectivity index (χ1n) is 7.20. The minimum absolute atomic E-state index is 0.0282. The Morgan fingerprint density at radius 1 is 1.33 bits per heavy atom. The molecule has 116 valence electrons. The average Bonchev–Trinajstić information content (AvgIpc) is 2.45. The minimum atomic E-state index is -0.130. The number of ether oxygens (including phenoxy) is 1. The summed E-state index contributed by atoms with van der Waals surface area (Å²) < 4.78 is 5.38. The molecule has 0 saturated carbocycles. The Kier molecular flexibility index (Phi) is 6.61.